The van der Waals surface area contributed by atoms with Crippen LogP contribution >= 0.6 is 0 Å². The smallest absolute Gasteiger partial charge is 0.349 e. The number of hydrogen-bond acceptors (Lipinski definition) is 6. The number of methoxy groups -OCH3 is 3. The minimum atomic E-state index is -0.686. The van der Waals surface area contributed by atoms with E-state index >= 15 is 0 Å². The fourth-order valence-electron chi connectivity index (χ4n) is 1.74. The lowest BCUT2D eigenvalue weighted by atomic mass is 10.1. The third kappa shape index (κ3) is 4.16. The molecule has 0 radical (unpaired) electrons. The van der Waals surface area contributed by atoms with Crippen LogP contribution in [-0.4, -0.2) is 33.4 Å². The number of nitrogens with zero attached hydrogens (tertiary/aromatic N) is 1. The van der Waals surface area contributed by atoms with Gasteiger partial charge in [0, 0.05) is 11.6 Å². The standard InChI is InChI=1S/C16H19NO5/c1-10(2)22-16(18)12(9-17)6-11-7-14(20-4)15(21-5)8-13(11)19-3/h6-8,10H,1-5H3/b12-6-. The van der Waals surface area contributed by atoms with Crippen LogP contribution in [0.4, 0.5) is 0 Å². The van der Waals surface area contributed by atoms with Gasteiger partial charge in [0.2, 0.25) is 0 Å². The molecular formula is C16H19NO5. The average Bonchev–Trinajstić information content (AvgIpc) is 2.50. The molecule has 1 aromatic rings. The van der Waals surface area contributed by atoms with Crippen molar-refractivity contribution < 1.29 is 23.7 Å². The molecule has 0 spiro atoms. The molecule has 0 unspecified atom stereocenters. The van der Waals surface area contributed by atoms with E-state index in [1.807, 2.05) is 6.07 Å². The molecule has 0 aliphatic heterocycles. The van der Waals surface area contributed by atoms with Crippen molar-refractivity contribution in [3.05, 3.63) is 23.3 Å². The van der Waals surface area contributed by atoms with Crippen LogP contribution in [0.15, 0.2) is 17.7 Å². The summed E-state index contributed by atoms with van der Waals surface area (Å²) in [7, 11) is 4.49. The molecular weight excluding hydrogens is 286 g/mol. The summed E-state index contributed by atoms with van der Waals surface area (Å²) in [5.41, 5.74) is 0.386. The highest BCUT2D eigenvalue weighted by Gasteiger charge is 2.16. The second-order valence-electron chi connectivity index (χ2n) is 4.57. The van der Waals surface area contributed by atoms with Crippen molar-refractivity contribution in [1.29, 1.82) is 5.26 Å². The summed E-state index contributed by atoms with van der Waals surface area (Å²) in [6, 6.07) is 5.07. The van der Waals surface area contributed by atoms with E-state index < -0.39 is 5.97 Å². The molecule has 118 valence electrons. The molecule has 1 aromatic carbocycles. The Hall–Kier alpha value is -2.68. The zero-order valence-corrected chi connectivity index (χ0v) is 13.3. The van der Waals surface area contributed by atoms with Gasteiger partial charge in [-0.2, -0.15) is 5.26 Å². The summed E-state index contributed by atoms with van der Waals surface area (Å²) in [4.78, 5) is 11.9. The van der Waals surface area contributed by atoms with E-state index in [4.69, 9.17) is 24.2 Å². The maximum absolute atomic E-state index is 11.9. The minimum Gasteiger partial charge on any atom is -0.496 e. The van der Waals surface area contributed by atoms with Crippen molar-refractivity contribution in [3.63, 3.8) is 0 Å². The zero-order chi connectivity index (χ0) is 16.7. The first-order valence-corrected chi connectivity index (χ1v) is 6.59. The molecule has 6 nitrogen and oxygen atoms in total. The van der Waals surface area contributed by atoms with E-state index in [9.17, 15) is 4.79 Å². The quantitative estimate of drug-likeness (QED) is 0.456. The van der Waals surface area contributed by atoms with Gasteiger partial charge in [0.15, 0.2) is 11.5 Å². The highest BCUT2D eigenvalue weighted by atomic mass is 16.5. The minimum absolute atomic E-state index is 0.126. The van der Waals surface area contributed by atoms with Gasteiger partial charge in [-0.05, 0) is 26.0 Å². The molecule has 0 saturated heterocycles. The molecule has 1 rings (SSSR count). The Morgan fingerprint density at radius 3 is 2.09 bits per heavy atom. The van der Waals surface area contributed by atoms with Crippen LogP contribution < -0.4 is 14.2 Å². The Morgan fingerprint density at radius 2 is 1.64 bits per heavy atom. The molecule has 0 saturated carbocycles. The molecule has 0 amide bonds. The first-order valence-electron chi connectivity index (χ1n) is 6.59. The van der Waals surface area contributed by atoms with E-state index in [2.05, 4.69) is 0 Å². The van der Waals surface area contributed by atoms with E-state index in [-0.39, 0.29) is 11.7 Å². The first kappa shape index (κ1) is 17.4. The van der Waals surface area contributed by atoms with E-state index in [0.29, 0.717) is 22.8 Å². The summed E-state index contributed by atoms with van der Waals surface area (Å²) in [5, 5.41) is 9.15. The number of benzene rings is 1. The van der Waals surface area contributed by atoms with E-state index in [1.165, 1.54) is 27.4 Å². The number of ether oxygens (including phenoxy) is 4. The molecule has 0 heterocycles. The van der Waals surface area contributed by atoms with Crippen LogP contribution in [0.25, 0.3) is 6.08 Å². The van der Waals surface area contributed by atoms with Crippen molar-refractivity contribution in [3.8, 4) is 23.3 Å². The van der Waals surface area contributed by atoms with Gasteiger partial charge in [-0.1, -0.05) is 0 Å². The monoisotopic (exact) mass is 305 g/mol. The summed E-state index contributed by atoms with van der Waals surface area (Å²) >= 11 is 0. The van der Waals surface area contributed by atoms with Gasteiger partial charge in [0.25, 0.3) is 0 Å². The van der Waals surface area contributed by atoms with Crippen LogP contribution in [0.3, 0.4) is 0 Å². The normalized spacial score (nSPS) is 10.9. The van der Waals surface area contributed by atoms with Crippen molar-refractivity contribution >= 4 is 12.0 Å². The number of rotatable bonds is 6. The molecule has 6 heteroatoms. The number of hydrogen-bond donors (Lipinski definition) is 0. The number of carbonyl (C=O) groups excluding carboxylic acids is 1. The van der Waals surface area contributed by atoms with Crippen LogP contribution in [0.5, 0.6) is 17.2 Å². The predicted octanol–water partition coefficient (Wildman–Crippen LogP) is 2.57. The molecule has 0 aromatic heterocycles. The SMILES string of the molecule is COc1cc(OC)c(OC)cc1/C=C(/C#N)C(=O)OC(C)C. The fraction of sp³-hybridized carbons (Fsp3) is 0.375. The second kappa shape index (κ2) is 7.93. The Morgan fingerprint density at radius 1 is 1.09 bits per heavy atom. The lowest BCUT2D eigenvalue weighted by Gasteiger charge is -2.12. The third-order valence-electron chi connectivity index (χ3n) is 2.72. The van der Waals surface area contributed by atoms with Gasteiger partial charge in [-0.3, -0.25) is 0 Å². The van der Waals surface area contributed by atoms with Crippen LogP contribution in [0.2, 0.25) is 0 Å². The first-order chi connectivity index (χ1) is 10.5. The second-order valence-corrected chi connectivity index (χ2v) is 4.57. The number of nitriles is 1. The van der Waals surface area contributed by atoms with Crippen molar-refractivity contribution in [1.82, 2.24) is 0 Å². The molecule has 0 N–H and O–H groups in total. The van der Waals surface area contributed by atoms with Crippen LogP contribution in [-0.2, 0) is 9.53 Å². The average molecular weight is 305 g/mol. The van der Waals surface area contributed by atoms with Gasteiger partial charge >= 0.3 is 5.97 Å². The fourth-order valence-corrected chi connectivity index (χ4v) is 1.74. The summed E-state index contributed by atoms with van der Waals surface area (Å²) in [6.45, 7) is 3.42. The van der Waals surface area contributed by atoms with Gasteiger partial charge in [0.1, 0.15) is 17.4 Å². The van der Waals surface area contributed by atoms with Crippen molar-refractivity contribution in [2.75, 3.05) is 21.3 Å². The Bertz CT molecular complexity index is 614. The summed E-state index contributed by atoms with van der Waals surface area (Å²) in [5.74, 6) is 0.709. The summed E-state index contributed by atoms with van der Waals surface area (Å²) in [6.07, 6.45) is 1.09. The summed E-state index contributed by atoms with van der Waals surface area (Å²) < 4.78 is 20.7. The molecule has 0 atom stereocenters. The van der Waals surface area contributed by atoms with Gasteiger partial charge < -0.3 is 18.9 Å². The predicted molar refractivity (Wildman–Crippen MR) is 80.9 cm³/mol. The van der Waals surface area contributed by atoms with Crippen LogP contribution in [0.1, 0.15) is 19.4 Å². The van der Waals surface area contributed by atoms with Gasteiger partial charge in [0.05, 0.1) is 27.4 Å². The third-order valence-corrected chi connectivity index (χ3v) is 2.72. The van der Waals surface area contributed by atoms with Crippen molar-refractivity contribution in [2.45, 2.75) is 20.0 Å². The largest absolute Gasteiger partial charge is 0.496 e. The maximum Gasteiger partial charge on any atom is 0.349 e. The van der Waals surface area contributed by atoms with Gasteiger partial charge in [-0.25, -0.2) is 4.79 Å². The molecule has 0 bridgehead atoms. The van der Waals surface area contributed by atoms with Crippen LogP contribution in [0, 0.1) is 11.3 Å². The lowest BCUT2D eigenvalue weighted by Crippen LogP contribution is -2.12. The number of carbonyl (C=O) groups is 1. The van der Waals surface area contributed by atoms with E-state index in [1.54, 1.807) is 26.0 Å². The molecule has 0 aliphatic carbocycles. The Balaban J connectivity index is 3.32. The Kier molecular flexibility index (Phi) is 6.26. The highest BCUT2D eigenvalue weighted by Crippen LogP contribution is 2.35. The molecule has 22 heavy (non-hydrogen) atoms. The van der Waals surface area contributed by atoms with Gasteiger partial charge in [-0.15, -0.1) is 0 Å². The highest BCUT2D eigenvalue weighted by molar-refractivity contribution is 5.98. The maximum atomic E-state index is 11.9. The number of esters is 1. The van der Waals surface area contributed by atoms with E-state index in [0.717, 1.165) is 0 Å². The molecule has 0 aliphatic rings. The Labute approximate surface area is 129 Å². The topological polar surface area (TPSA) is 77.8 Å². The zero-order valence-electron chi connectivity index (χ0n) is 13.3. The molecule has 0 fully saturated rings. The van der Waals surface area contributed by atoms with Crippen molar-refractivity contribution in [2.24, 2.45) is 0 Å². The lowest BCUT2D eigenvalue weighted by molar-refractivity contribution is -0.142.